The van der Waals surface area contributed by atoms with Crippen LogP contribution >= 0.6 is 11.8 Å². The summed E-state index contributed by atoms with van der Waals surface area (Å²) >= 11 is 1.36. The molecule has 12 heteroatoms. The Morgan fingerprint density at radius 2 is 1.83 bits per heavy atom. The summed E-state index contributed by atoms with van der Waals surface area (Å²) in [7, 11) is 0. The summed E-state index contributed by atoms with van der Waals surface area (Å²) in [5.74, 6) is 7.65. The Hall–Kier alpha value is -3.67. The third-order valence-corrected chi connectivity index (χ3v) is 5.24. The van der Waals surface area contributed by atoms with Gasteiger partial charge in [-0.25, -0.2) is 9.36 Å². The lowest BCUT2D eigenvalue weighted by molar-refractivity contribution is 0.726. The molecule has 0 amide bonds. The molecule has 1 aromatic carbocycles. The van der Waals surface area contributed by atoms with E-state index in [0.29, 0.717) is 22.9 Å². The van der Waals surface area contributed by atoms with Crippen molar-refractivity contribution in [3.8, 4) is 5.95 Å². The van der Waals surface area contributed by atoms with Crippen LogP contribution in [0.25, 0.3) is 5.95 Å². The molecule has 0 spiro atoms. The van der Waals surface area contributed by atoms with Crippen molar-refractivity contribution < 1.29 is 0 Å². The topological polar surface area (TPSA) is 151 Å². The molecule has 5 N–H and O–H groups in total. The Kier molecular flexibility index (Phi) is 5.23. The van der Waals surface area contributed by atoms with Crippen molar-refractivity contribution in [3.63, 3.8) is 0 Å². The van der Waals surface area contributed by atoms with Crippen LogP contribution in [0.2, 0.25) is 0 Å². The van der Waals surface area contributed by atoms with E-state index in [1.54, 1.807) is 4.68 Å². The number of nitrogen functional groups attached to an aromatic ring is 2. The van der Waals surface area contributed by atoms with Gasteiger partial charge in [-0.3, -0.25) is 0 Å². The molecule has 30 heavy (non-hydrogen) atoms. The van der Waals surface area contributed by atoms with Crippen molar-refractivity contribution in [2.45, 2.75) is 31.2 Å². The number of nitrogens with zero attached hydrogens (tertiary/aromatic N) is 8. The van der Waals surface area contributed by atoms with Gasteiger partial charge in [-0.05, 0) is 39.0 Å². The number of hydrogen-bond donors (Lipinski definition) is 3. The zero-order chi connectivity index (χ0) is 21.3. The van der Waals surface area contributed by atoms with E-state index >= 15 is 0 Å². The van der Waals surface area contributed by atoms with Crippen LogP contribution in [0.5, 0.6) is 0 Å². The first kappa shape index (κ1) is 19.6. The van der Waals surface area contributed by atoms with Crippen LogP contribution in [0.15, 0.2) is 41.6 Å². The van der Waals surface area contributed by atoms with Crippen LogP contribution in [-0.2, 0) is 0 Å². The van der Waals surface area contributed by atoms with Gasteiger partial charge in [0.1, 0.15) is 5.82 Å². The van der Waals surface area contributed by atoms with Gasteiger partial charge in [0, 0.05) is 11.4 Å². The van der Waals surface area contributed by atoms with Crippen molar-refractivity contribution in [1.29, 1.82) is 0 Å². The number of aryl methyl sites for hydroxylation is 2. The Morgan fingerprint density at radius 3 is 2.53 bits per heavy atom. The first-order valence-corrected chi connectivity index (χ1v) is 10.0. The molecule has 1 atom stereocenters. The fourth-order valence-corrected chi connectivity index (χ4v) is 3.64. The quantitative estimate of drug-likeness (QED) is 0.311. The maximum absolute atomic E-state index is 6.22. The first-order valence-electron chi connectivity index (χ1n) is 9.15. The molecule has 0 bridgehead atoms. The van der Waals surface area contributed by atoms with Crippen LogP contribution in [0.3, 0.4) is 0 Å². The lowest BCUT2D eigenvalue weighted by Gasteiger charge is -2.12. The van der Waals surface area contributed by atoms with Gasteiger partial charge in [0.05, 0.1) is 10.9 Å². The molecule has 0 fully saturated rings. The maximum Gasteiger partial charge on any atom is 0.271 e. The smallest absolute Gasteiger partial charge is 0.271 e. The molecule has 3 aromatic heterocycles. The molecular formula is C18H21N11S. The normalized spacial score (nSPS) is 12.1. The molecule has 1 unspecified atom stereocenters. The summed E-state index contributed by atoms with van der Waals surface area (Å²) < 4.78 is 3.05. The Bertz CT molecular complexity index is 1170. The van der Waals surface area contributed by atoms with Crippen LogP contribution in [0.1, 0.15) is 29.4 Å². The van der Waals surface area contributed by atoms with Gasteiger partial charge < -0.3 is 16.9 Å². The van der Waals surface area contributed by atoms with Crippen LogP contribution in [-0.4, -0.2) is 39.6 Å². The van der Waals surface area contributed by atoms with Crippen molar-refractivity contribution in [1.82, 2.24) is 39.6 Å². The molecule has 0 aliphatic carbocycles. The van der Waals surface area contributed by atoms with E-state index in [4.69, 9.17) is 11.6 Å². The fourth-order valence-electron chi connectivity index (χ4n) is 2.83. The van der Waals surface area contributed by atoms with Crippen molar-refractivity contribution >= 4 is 29.3 Å². The fraction of sp³-hybridized carbons (Fsp3) is 0.222. The number of para-hydroxylation sites is 1. The van der Waals surface area contributed by atoms with E-state index in [1.807, 2.05) is 57.2 Å². The number of hydrogen-bond acceptors (Lipinski definition) is 10. The van der Waals surface area contributed by atoms with Crippen LogP contribution < -0.4 is 16.9 Å². The number of anilines is 3. The number of benzene rings is 1. The van der Waals surface area contributed by atoms with Gasteiger partial charge in [0.2, 0.25) is 17.1 Å². The predicted molar refractivity (Wildman–Crippen MR) is 115 cm³/mol. The highest BCUT2D eigenvalue weighted by atomic mass is 32.2. The average molecular weight is 424 g/mol. The van der Waals surface area contributed by atoms with Gasteiger partial charge in [-0.2, -0.15) is 20.1 Å². The molecule has 3 heterocycles. The van der Waals surface area contributed by atoms with E-state index in [0.717, 1.165) is 17.1 Å². The number of thioether (sulfide) groups is 1. The second kappa shape index (κ2) is 7.99. The largest absolute Gasteiger partial charge is 0.368 e. The molecule has 11 nitrogen and oxygen atoms in total. The maximum atomic E-state index is 6.22. The van der Waals surface area contributed by atoms with E-state index in [1.165, 1.54) is 16.4 Å². The van der Waals surface area contributed by atoms with Crippen molar-refractivity contribution in [2.24, 2.45) is 0 Å². The minimum Gasteiger partial charge on any atom is -0.368 e. The van der Waals surface area contributed by atoms with Crippen molar-refractivity contribution in [3.05, 3.63) is 53.6 Å². The molecular weight excluding hydrogens is 402 g/mol. The molecule has 154 valence electrons. The third kappa shape index (κ3) is 4.03. The van der Waals surface area contributed by atoms with Gasteiger partial charge in [-0.15, -0.1) is 10.2 Å². The molecule has 4 aromatic rings. The monoisotopic (exact) mass is 423 g/mol. The predicted octanol–water partition coefficient (Wildman–Crippen LogP) is 2.16. The lowest BCUT2D eigenvalue weighted by atomic mass is 10.3. The summed E-state index contributed by atoms with van der Waals surface area (Å²) in [6.07, 6.45) is 0. The molecule has 4 rings (SSSR count). The summed E-state index contributed by atoms with van der Waals surface area (Å²) in [6.45, 7) is 5.77. The number of rotatable bonds is 6. The second-order valence-corrected chi connectivity index (χ2v) is 7.93. The van der Waals surface area contributed by atoms with Crippen LogP contribution in [0.4, 0.5) is 17.6 Å². The number of aromatic nitrogens is 8. The van der Waals surface area contributed by atoms with Crippen LogP contribution in [0, 0.1) is 13.8 Å². The van der Waals surface area contributed by atoms with Gasteiger partial charge in [0.25, 0.3) is 5.95 Å². The highest BCUT2D eigenvalue weighted by molar-refractivity contribution is 7.99. The Balaban J connectivity index is 1.56. The van der Waals surface area contributed by atoms with Gasteiger partial charge in [-0.1, -0.05) is 30.0 Å². The first-order chi connectivity index (χ1) is 14.4. The molecule has 0 radical (unpaired) electrons. The highest BCUT2D eigenvalue weighted by Crippen LogP contribution is 2.32. The number of nitrogens with one attached hydrogen (secondary N) is 1. The summed E-state index contributed by atoms with van der Waals surface area (Å²) in [4.78, 5) is 12.9. The third-order valence-electron chi connectivity index (χ3n) is 4.19. The second-order valence-electron chi connectivity index (χ2n) is 6.62. The molecule has 0 aliphatic heterocycles. The van der Waals surface area contributed by atoms with E-state index < -0.39 is 0 Å². The average Bonchev–Trinajstić information content (AvgIpc) is 3.23. The minimum atomic E-state index is -0.202. The zero-order valence-corrected chi connectivity index (χ0v) is 17.5. The number of nitrogens with two attached hydrogens (primary N) is 2. The van der Waals surface area contributed by atoms with Gasteiger partial charge >= 0.3 is 0 Å². The summed E-state index contributed by atoms with van der Waals surface area (Å²) in [5.41, 5.74) is 8.53. The zero-order valence-electron chi connectivity index (χ0n) is 16.7. The lowest BCUT2D eigenvalue weighted by Crippen LogP contribution is -2.17. The Labute approximate surface area is 176 Å². The van der Waals surface area contributed by atoms with E-state index in [9.17, 15) is 0 Å². The SMILES string of the molecule is Cc1cc(C)n(-c2nnc(SC(C)c3nc(N)nc(Nc4ccccc4)n3)n2N)n1. The van der Waals surface area contributed by atoms with Gasteiger partial charge in [0.15, 0.2) is 0 Å². The minimum absolute atomic E-state index is 0.128. The molecule has 0 saturated carbocycles. The summed E-state index contributed by atoms with van der Waals surface area (Å²) in [5, 5.41) is 16.2. The van der Waals surface area contributed by atoms with E-state index in [2.05, 4.69) is 35.6 Å². The standard InChI is InChI=1S/C18H21N11S/c1-10-9-11(2)29(27-10)17-25-26-18(28(17)20)30-12(3)14-22-15(19)24-16(23-14)21-13-7-5-4-6-8-13/h4-9,12H,20H2,1-3H3,(H3,19,21,22,23,24). The highest BCUT2D eigenvalue weighted by Gasteiger charge is 2.20. The van der Waals surface area contributed by atoms with E-state index in [-0.39, 0.29) is 11.2 Å². The Morgan fingerprint density at radius 1 is 1.07 bits per heavy atom. The molecule has 0 saturated heterocycles. The molecule has 0 aliphatic rings. The van der Waals surface area contributed by atoms with Crippen molar-refractivity contribution in [2.75, 3.05) is 16.9 Å². The summed E-state index contributed by atoms with van der Waals surface area (Å²) in [6, 6.07) is 11.5.